The number of amides is 1. The van der Waals surface area contributed by atoms with Crippen LogP contribution in [-0.2, 0) is 4.74 Å². The predicted octanol–water partition coefficient (Wildman–Crippen LogP) is 4.87. The molecule has 2 aromatic rings. The smallest absolute Gasteiger partial charge is 0.410 e. The number of aromatic nitrogens is 2. The first-order valence-corrected chi connectivity index (χ1v) is 9.35. The van der Waals surface area contributed by atoms with Crippen LogP contribution in [0.4, 0.5) is 15.0 Å². The fourth-order valence-corrected chi connectivity index (χ4v) is 3.16. The van der Waals surface area contributed by atoms with Crippen LogP contribution >= 0.6 is 39.1 Å². The first-order chi connectivity index (χ1) is 12.0. The van der Waals surface area contributed by atoms with Crippen LogP contribution < -0.4 is 5.32 Å². The highest BCUT2D eigenvalue weighted by molar-refractivity contribution is 9.10. The minimum Gasteiger partial charge on any atom is -0.444 e. The van der Waals surface area contributed by atoms with Crippen LogP contribution in [0.2, 0.25) is 10.3 Å². The first-order valence-electron chi connectivity index (χ1n) is 7.80. The summed E-state index contributed by atoms with van der Waals surface area (Å²) >= 11 is 15.0. The van der Waals surface area contributed by atoms with Gasteiger partial charge in [-0.25, -0.2) is 19.2 Å². The topological polar surface area (TPSA) is 67.3 Å². The standard InChI is InChI=1S/C16H16BrCl2FN4O2/c1-16(2,3)26-15(25)24-5-7(6-24)21-13-8-4-9(18)10(17)11(20)12(8)22-14(19)23-13/h4,7H,5-6H2,1-3H3,(H,21,22,23). The van der Waals surface area contributed by atoms with E-state index in [2.05, 4.69) is 31.2 Å². The van der Waals surface area contributed by atoms with E-state index >= 15 is 0 Å². The van der Waals surface area contributed by atoms with Gasteiger partial charge in [0, 0.05) is 18.5 Å². The van der Waals surface area contributed by atoms with Crippen molar-refractivity contribution in [2.45, 2.75) is 32.4 Å². The molecular formula is C16H16BrCl2FN4O2. The number of carbonyl (C=O) groups excluding carboxylic acids is 1. The average Bonchev–Trinajstić information content (AvgIpc) is 2.47. The van der Waals surface area contributed by atoms with E-state index in [1.807, 2.05) is 20.8 Å². The summed E-state index contributed by atoms with van der Waals surface area (Å²) in [6.07, 6.45) is -0.376. The van der Waals surface area contributed by atoms with Gasteiger partial charge in [-0.1, -0.05) is 11.6 Å². The van der Waals surface area contributed by atoms with Crippen molar-refractivity contribution in [3.05, 3.63) is 26.7 Å². The Morgan fingerprint density at radius 1 is 1.38 bits per heavy atom. The highest BCUT2D eigenvalue weighted by atomic mass is 79.9. The van der Waals surface area contributed by atoms with Gasteiger partial charge in [-0.05, 0) is 54.4 Å². The summed E-state index contributed by atoms with van der Waals surface area (Å²) in [6, 6.07) is 1.50. The molecule has 2 heterocycles. The summed E-state index contributed by atoms with van der Waals surface area (Å²) in [5.41, 5.74) is -0.486. The van der Waals surface area contributed by atoms with E-state index < -0.39 is 11.4 Å². The zero-order valence-electron chi connectivity index (χ0n) is 14.2. The number of carbonyl (C=O) groups is 1. The first kappa shape index (κ1) is 19.4. The highest BCUT2D eigenvalue weighted by Crippen LogP contribution is 2.35. The third kappa shape index (κ3) is 3.97. The average molecular weight is 466 g/mol. The molecule has 1 aliphatic rings. The van der Waals surface area contributed by atoms with Crippen LogP contribution in [0.3, 0.4) is 0 Å². The molecule has 1 aliphatic heterocycles. The molecular weight excluding hydrogens is 450 g/mol. The van der Waals surface area contributed by atoms with Crippen LogP contribution in [0.15, 0.2) is 10.5 Å². The number of nitrogens with one attached hydrogen (secondary N) is 1. The largest absolute Gasteiger partial charge is 0.444 e. The number of hydrogen-bond donors (Lipinski definition) is 1. The molecule has 3 rings (SSSR count). The lowest BCUT2D eigenvalue weighted by molar-refractivity contribution is 0.0105. The van der Waals surface area contributed by atoms with Crippen molar-refractivity contribution in [1.82, 2.24) is 14.9 Å². The Labute approximate surface area is 168 Å². The molecule has 0 unspecified atom stereocenters. The summed E-state index contributed by atoms with van der Waals surface area (Å²) in [5, 5.41) is 3.69. The van der Waals surface area contributed by atoms with Gasteiger partial charge in [0.1, 0.15) is 16.9 Å². The van der Waals surface area contributed by atoms with Gasteiger partial charge in [-0.2, -0.15) is 0 Å². The Kier molecular flexibility index (Phi) is 5.20. The summed E-state index contributed by atoms with van der Waals surface area (Å²) in [5.74, 6) is -0.244. The molecule has 1 aromatic heterocycles. The number of likely N-dealkylation sites (tertiary alicyclic amines) is 1. The highest BCUT2D eigenvalue weighted by Gasteiger charge is 2.34. The maximum atomic E-state index is 14.4. The molecule has 0 spiro atoms. The summed E-state index contributed by atoms with van der Waals surface area (Å²) in [4.78, 5) is 21.6. The molecule has 1 aromatic carbocycles. The van der Waals surface area contributed by atoms with Gasteiger partial charge in [-0.15, -0.1) is 0 Å². The van der Waals surface area contributed by atoms with Crippen molar-refractivity contribution in [3.8, 4) is 0 Å². The van der Waals surface area contributed by atoms with Crippen LogP contribution in [0.1, 0.15) is 20.8 Å². The van der Waals surface area contributed by atoms with Crippen LogP contribution in [0, 0.1) is 5.82 Å². The molecule has 1 fully saturated rings. The van der Waals surface area contributed by atoms with Gasteiger partial charge >= 0.3 is 6.09 Å². The Morgan fingerprint density at radius 2 is 2.04 bits per heavy atom. The van der Waals surface area contributed by atoms with Crippen molar-refractivity contribution >= 4 is 61.9 Å². The third-order valence-corrected chi connectivity index (χ3v) is 5.14. The number of benzene rings is 1. The molecule has 0 saturated carbocycles. The van der Waals surface area contributed by atoms with E-state index in [0.717, 1.165) is 0 Å². The number of halogens is 4. The Balaban J connectivity index is 1.78. The second-order valence-electron chi connectivity index (χ2n) is 6.95. The van der Waals surface area contributed by atoms with Gasteiger partial charge in [0.2, 0.25) is 5.28 Å². The SMILES string of the molecule is CC(C)(C)OC(=O)N1CC(Nc2nc(Cl)nc3c(F)c(Br)c(Cl)cc23)C1. The molecule has 6 nitrogen and oxygen atoms in total. The maximum absolute atomic E-state index is 14.4. The van der Waals surface area contributed by atoms with Gasteiger partial charge in [0.05, 0.1) is 15.5 Å². The van der Waals surface area contributed by atoms with Gasteiger partial charge in [0.25, 0.3) is 0 Å². The lowest BCUT2D eigenvalue weighted by Gasteiger charge is -2.40. The van der Waals surface area contributed by atoms with Gasteiger partial charge < -0.3 is 15.0 Å². The number of fused-ring (bicyclic) bond motifs is 1. The van der Waals surface area contributed by atoms with E-state index in [-0.39, 0.29) is 32.4 Å². The van der Waals surface area contributed by atoms with Gasteiger partial charge in [-0.3, -0.25) is 0 Å². The van der Waals surface area contributed by atoms with Crippen molar-refractivity contribution < 1.29 is 13.9 Å². The molecule has 26 heavy (non-hydrogen) atoms. The fraction of sp³-hybridized carbons (Fsp3) is 0.438. The number of hydrogen-bond acceptors (Lipinski definition) is 5. The van der Waals surface area contributed by atoms with Crippen molar-refractivity contribution in [1.29, 1.82) is 0 Å². The van der Waals surface area contributed by atoms with Crippen LogP contribution in [-0.4, -0.2) is 45.7 Å². The second-order valence-corrected chi connectivity index (χ2v) is 8.49. The number of anilines is 1. The molecule has 140 valence electrons. The summed E-state index contributed by atoms with van der Waals surface area (Å²) < 4.78 is 19.8. The normalized spacial score (nSPS) is 15.1. The molecule has 0 aliphatic carbocycles. The van der Waals surface area contributed by atoms with E-state index in [1.54, 1.807) is 11.0 Å². The Bertz CT molecular complexity index is 885. The summed E-state index contributed by atoms with van der Waals surface area (Å²) in [6.45, 7) is 6.30. The number of rotatable bonds is 2. The van der Waals surface area contributed by atoms with E-state index in [1.165, 1.54) is 0 Å². The lowest BCUT2D eigenvalue weighted by Crippen LogP contribution is -2.58. The second kappa shape index (κ2) is 6.98. The summed E-state index contributed by atoms with van der Waals surface area (Å²) in [7, 11) is 0. The lowest BCUT2D eigenvalue weighted by atomic mass is 10.1. The van der Waals surface area contributed by atoms with E-state index in [0.29, 0.717) is 24.3 Å². The van der Waals surface area contributed by atoms with Crippen molar-refractivity contribution in [2.75, 3.05) is 18.4 Å². The molecule has 10 heteroatoms. The van der Waals surface area contributed by atoms with Crippen LogP contribution in [0.5, 0.6) is 0 Å². The molecule has 1 saturated heterocycles. The fourth-order valence-electron chi connectivity index (χ4n) is 2.49. The van der Waals surface area contributed by atoms with Crippen LogP contribution in [0.25, 0.3) is 10.9 Å². The van der Waals surface area contributed by atoms with Crippen molar-refractivity contribution in [2.24, 2.45) is 0 Å². The van der Waals surface area contributed by atoms with E-state index in [4.69, 9.17) is 27.9 Å². The Morgan fingerprint density at radius 3 is 2.65 bits per heavy atom. The zero-order valence-corrected chi connectivity index (χ0v) is 17.3. The quantitative estimate of drug-likeness (QED) is 0.506. The van der Waals surface area contributed by atoms with Gasteiger partial charge in [0.15, 0.2) is 5.82 Å². The number of ether oxygens (including phenoxy) is 1. The minimum atomic E-state index is -0.608. The number of nitrogens with zero attached hydrogens (tertiary/aromatic N) is 3. The molecule has 0 radical (unpaired) electrons. The molecule has 1 amide bonds. The monoisotopic (exact) mass is 464 g/mol. The predicted molar refractivity (Wildman–Crippen MR) is 102 cm³/mol. The van der Waals surface area contributed by atoms with Crippen molar-refractivity contribution in [3.63, 3.8) is 0 Å². The third-order valence-electron chi connectivity index (χ3n) is 3.67. The maximum Gasteiger partial charge on any atom is 0.410 e. The zero-order chi connectivity index (χ0) is 19.2. The van der Waals surface area contributed by atoms with E-state index in [9.17, 15) is 9.18 Å². The molecule has 0 atom stereocenters. The Hall–Kier alpha value is -1.38. The molecule has 1 N–H and O–H groups in total. The minimum absolute atomic E-state index is 0.0621. The molecule has 0 bridgehead atoms.